The van der Waals surface area contributed by atoms with Gasteiger partial charge in [0.1, 0.15) is 18.0 Å². The number of ether oxygens (including phenoxy) is 1. The minimum atomic E-state index is -0.959. The van der Waals surface area contributed by atoms with Crippen molar-refractivity contribution in [2.45, 2.75) is 128 Å². The van der Waals surface area contributed by atoms with Crippen molar-refractivity contribution in [1.29, 1.82) is 0 Å². The molecule has 0 aromatic heterocycles. The van der Waals surface area contributed by atoms with E-state index in [0.29, 0.717) is 36.1 Å². The van der Waals surface area contributed by atoms with Gasteiger partial charge < -0.3 is 25.2 Å². The second-order valence-corrected chi connectivity index (χ2v) is 14.5. The SMILES string of the molecule is CCCCCCCCCCCC(=O)N(CC1CCC2CC1C2(C)C)C1C=C(C(=O)NCCO)C2c3ccccc3OC2C1O. The number of unbranched alkanes of at least 4 members (excludes halogenated alkanes) is 8. The Kier molecular flexibility index (Phi) is 11.1. The average Bonchev–Trinajstić information content (AvgIpc) is 3.42. The van der Waals surface area contributed by atoms with Crippen molar-refractivity contribution in [3.63, 3.8) is 0 Å². The summed E-state index contributed by atoms with van der Waals surface area (Å²) in [6.45, 7) is 7.58. The molecule has 2 bridgehead atoms. The van der Waals surface area contributed by atoms with Crippen molar-refractivity contribution in [3.8, 4) is 5.75 Å². The van der Waals surface area contributed by atoms with Gasteiger partial charge in [-0.25, -0.2) is 0 Å². The van der Waals surface area contributed by atoms with E-state index in [1.807, 2.05) is 35.2 Å². The second-order valence-electron chi connectivity index (χ2n) is 14.5. The molecule has 1 aromatic rings. The molecule has 7 heteroatoms. The summed E-state index contributed by atoms with van der Waals surface area (Å²) in [5, 5.41) is 24.1. The molecule has 1 aromatic carbocycles. The third-order valence-electron chi connectivity index (χ3n) is 11.5. The van der Waals surface area contributed by atoms with Gasteiger partial charge in [-0.3, -0.25) is 9.59 Å². The Balaban J connectivity index is 1.35. The van der Waals surface area contributed by atoms with E-state index in [0.717, 1.165) is 37.2 Å². The standard InChI is InChI=1S/C37H56N2O5/c1-4-5-6-7-8-9-10-11-12-17-32(41)39(24-25-18-19-26-22-29(25)37(26,2)3)30-23-28(36(43)38-20-21-40)33-27-15-13-14-16-31(27)44-35(33)34(30)42/h13-16,23,25-26,29-30,33-35,40,42H,4-12,17-22,24H2,1-3H3,(H,38,43). The van der Waals surface area contributed by atoms with E-state index in [1.54, 1.807) is 0 Å². The number of carbonyl (C=O) groups excluding carboxylic acids is 2. The van der Waals surface area contributed by atoms with Gasteiger partial charge in [0.05, 0.1) is 18.6 Å². The lowest BCUT2D eigenvalue weighted by Gasteiger charge is -2.61. The quantitative estimate of drug-likeness (QED) is 0.196. The van der Waals surface area contributed by atoms with Crippen LogP contribution in [0, 0.1) is 23.2 Å². The van der Waals surface area contributed by atoms with Gasteiger partial charge >= 0.3 is 0 Å². The van der Waals surface area contributed by atoms with E-state index >= 15 is 0 Å². The van der Waals surface area contributed by atoms with Gasteiger partial charge in [0.2, 0.25) is 11.8 Å². The lowest BCUT2D eigenvalue weighted by molar-refractivity contribution is -0.146. The van der Waals surface area contributed by atoms with Crippen molar-refractivity contribution in [2.24, 2.45) is 23.2 Å². The van der Waals surface area contributed by atoms with Crippen LogP contribution in [0.1, 0.15) is 116 Å². The van der Waals surface area contributed by atoms with Crippen molar-refractivity contribution in [2.75, 3.05) is 19.7 Å². The smallest absolute Gasteiger partial charge is 0.247 e. The summed E-state index contributed by atoms with van der Waals surface area (Å²) in [6.07, 6.45) is 14.9. The molecule has 5 aliphatic rings. The predicted molar refractivity (Wildman–Crippen MR) is 173 cm³/mol. The zero-order chi connectivity index (χ0) is 31.3. The Morgan fingerprint density at radius 1 is 1.02 bits per heavy atom. The Bertz CT molecular complexity index is 1160. The summed E-state index contributed by atoms with van der Waals surface area (Å²) < 4.78 is 6.32. The molecule has 7 nitrogen and oxygen atoms in total. The van der Waals surface area contributed by atoms with Gasteiger partial charge in [0.15, 0.2) is 0 Å². The fraction of sp³-hybridized carbons (Fsp3) is 0.730. The number of nitrogens with zero attached hydrogens (tertiary/aromatic N) is 1. The number of hydrogen-bond acceptors (Lipinski definition) is 5. The minimum absolute atomic E-state index is 0.0663. The van der Waals surface area contributed by atoms with Crippen LogP contribution < -0.4 is 10.1 Å². The summed E-state index contributed by atoms with van der Waals surface area (Å²) >= 11 is 0. The minimum Gasteiger partial charge on any atom is -0.486 e. The van der Waals surface area contributed by atoms with Crippen LogP contribution in [0.4, 0.5) is 0 Å². The largest absolute Gasteiger partial charge is 0.486 e. The molecule has 4 aliphatic carbocycles. The van der Waals surface area contributed by atoms with Crippen LogP contribution >= 0.6 is 0 Å². The lowest BCUT2D eigenvalue weighted by Crippen LogP contribution is -2.59. The number of carbonyl (C=O) groups is 2. The highest BCUT2D eigenvalue weighted by atomic mass is 16.5. The van der Waals surface area contributed by atoms with Crippen LogP contribution in [0.3, 0.4) is 0 Å². The molecule has 2 amide bonds. The maximum Gasteiger partial charge on any atom is 0.247 e. The van der Waals surface area contributed by atoms with E-state index in [-0.39, 0.29) is 30.4 Å². The van der Waals surface area contributed by atoms with Crippen LogP contribution in [0.2, 0.25) is 0 Å². The fourth-order valence-electron chi connectivity index (χ4n) is 8.75. The molecule has 244 valence electrons. The summed E-state index contributed by atoms with van der Waals surface area (Å²) in [4.78, 5) is 29.5. The summed E-state index contributed by atoms with van der Waals surface area (Å²) in [5.41, 5.74) is 1.67. The first-order valence-corrected chi connectivity index (χ1v) is 17.6. The molecule has 7 unspecified atom stereocenters. The van der Waals surface area contributed by atoms with E-state index in [2.05, 4.69) is 26.1 Å². The van der Waals surface area contributed by atoms with Crippen LogP contribution in [0.5, 0.6) is 5.75 Å². The number of para-hydroxylation sites is 1. The first kappa shape index (κ1) is 33.0. The van der Waals surface area contributed by atoms with Gasteiger partial charge in [-0.05, 0) is 61.0 Å². The zero-order valence-corrected chi connectivity index (χ0v) is 27.3. The molecular weight excluding hydrogens is 552 g/mol. The highest BCUT2D eigenvalue weighted by Gasteiger charge is 2.56. The third kappa shape index (κ3) is 6.89. The molecule has 7 atom stereocenters. The van der Waals surface area contributed by atoms with E-state index < -0.39 is 24.2 Å². The van der Waals surface area contributed by atoms with Gasteiger partial charge in [-0.1, -0.05) is 90.3 Å². The van der Waals surface area contributed by atoms with Crippen molar-refractivity contribution >= 4 is 11.8 Å². The molecular formula is C37H56N2O5. The molecule has 0 spiro atoms. The van der Waals surface area contributed by atoms with E-state index in [4.69, 9.17) is 4.74 Å². The number of aliphatic hydroxyl groups is 2. The van der Waals surface area contributed by atoms with Crippen molar-refractivity contribution < 1.29 is 24.5 Å². The number of fused-ring (bicyclic) bond motifs is 5. The highest BCUT2D eigenvalue weighted by Crippen LogP contribution is 2.61. The molecule has 0 radical (unpaired) electrons. The molecule has 3 fully saturated rings. The van der Waals surface area contributed by atoms with Crippen LogP contribution in [-0.4, -0.2) is 64.9 Å². The topological polar surface area (TPSA) is 99.1 Å². The Morgan fingerprint density at radius 3 is 2.41 bits per heavy atom. The fourth-order valence-corrected chi connectivity index (χ4v) is 8.75. The van der Waals surface area contributed by atoms with Crippen molar-refractivity contribution in [1.82, 2.24) is 10.2 Å². The molecule has 1 heterocycles. The summed E-state index contributed by atoms with van der Waals surface area (Å²) in [5.74, 6) is 1.75. The number of amides is 2. The Hall–Kier alpha value is -2.38. The summed E-state index contributed by atoms with van der Waals surface area (Å²) in [6, 6.07) is 7.00. The number of rotatable bonds is 16. The number of nitrogens with one attached hydrogen (secondary N) is 1. The molecule has 44 heavy (non-hydrogen) atoms. The Labute approximate surface area is 264 Å². The Morgan fingerprint density at radius 2 is 1.73 bits per heavy atom. The monoisotopic (exact) mass is 608 g/mol. The maximum absolute atomic E-state index is 14.1. The van der Waals surface area contributed by atoms with Crippen LogP contribution in [-0.2, 0) is 9.59 Å². The average molecular weight is 609 g/mol. The van der Waals surface area contributed by atoms with Gasteiger partial charge in [0, 0.05) is 30.6 Å². The normalized spacial score (nSPS) is 29.5. The second kappa shape index (κ2) is 14.8. The van der Waals surface area contributed by atoms with Gasteiger partial charge in [-0.2, -0.15) is 0 Å². The third-order valence-corrected chi connectivity index (χ3v) is 11.5. The molecule has 3 N–H and O–H groups in total. The number of benzene rings is 1. The number of aliphatic hydroxyl groups excluding tert-OH is 2. The molecule has 3 saturated carbocycles. The molecule has 1 aliphatic heterocycles. The first-order valence-electron chi connectivity index (χ1n) is 17.6. The first-order chi connectivity index (χ1) is 21.3. The molecule has 6 rings (SSSR count). The maximum atomic E-state index is 14.1. The van der Waals surface area contributed by atoms with Crippen molar-refractivity contribution in [3.05, 3.63) is 41.5 Å². The van der Waals surface area contributed by atoms with Crippen LogP contribution in [0.15, 0.2) is 35.9 Å². The summed E-state index contributed by atoms with van der Waals surface area (Å²) in [7, 11) is 0. The zero-order valence-electron chi connectivity index (χ0n) is 27.3. The lowest BCUT2D eigenvalue weighted by atomic mass is 9.45. The highest BCUT2D eigenvalue weighted by molar-refractivity contribution is 5.96. The van der Waals surface area contributed by atoms with E-state index in [9.17, 15) is 19.8 Å². The number of hydrogen-bond donors (Lipinski definition) is 3. The van der Waals surface area contributed by atoms with Gasteiger partial charge in [-0.15, -0.1) is 0 Å². The predicted octanol–water partition coefficient (Wildman–Crippen LogP) is 6.13. The van der Waals surface area contributed by atoms with E-state index in [1.165, 1.54) is 51.4 Å². The van der Waals surface area contributed by atoms with Gasteiger partial charge in [0.25, 0.3) is 0 Å². The van der Waals surface area contributed by atoms with Crippen LogP contribution in [0.25, 0.3) is 0 Å². The molecule has 0 saturated heterocycles.